The maximum absolute atomic E-state index is 12.0. The summed E-state index contributed by atoms with van der Waals surface area (Å²) in [6.45, 7) is 4.38. The molecule has 1 heterocycles. The molecule has 0 bridgehead atoms. The van der Waals surface area contributed by atoms with E-state index >= 15 is 0 Å². The number of halogens is 1. The van der Waals surface area contributed by atoms with E-state index in [9.17, 15) is 8.42 Å². The van der Waals surface area contributed by atoms with Gasteiger partial charge in [-0.1, -0.05) is 11.6 Å². The van der Waals surface area contributed by atoms with Crippen molar-refractivity contribution in [2.45, 2.75) is 24.8 Å². The third-order valence-corrected chi connectivity index (χ3v) is 4.05. The molecule has 1 rings (SSSR count). The molecular formula is C11H18ClN3O3S. The van der Waals surface area contributed by atoms with Gasteiger partial charge in [-0.2, -0.15) is 0 Å². The SMILES string of the molecule is CCOC(C)CNS(=O)(=O)c1cnc(NC)c(Cl)c1. The predicted octanol–water partition coefficient (Wildman–Crippen LogP) is 1.48. The Balaban J connectivity index is 2.80. The van der Waals surface area contributed by atoms with Gasteiger partial charge in [-0.3, -0.25) is 0 Å². The Bertz CT molecular complexity index is 522. The fourth-order valence-electron chi connectivity index (χ4n) is 1.41. The summed E-state index contributed by atoms with van der Waals surface area (Å²) in [6.07, 6.45) is 1.06. The zero-order valence-corrected chi connectivity index (χ0v) is 12.7. The number of hydrogen-bond donors (Lipinski definition) is 2. The molecule has 0 radical (unpaired) electrons. The molecule has 0 aliphatic heterocycles. The van der Waals surface area contributed by atoms with E-state index in [4.69, 9.17) is 16.3 Å². The van der Waals surface area contributed by atoms with Crippen LogP contribution in [0.1, 0.15) is 13.8 Å². The second-order valence-electron chi connectivity index (χ2n) is 3.87. The van der Waals surface area contributed by atoms with Crippen LogP contribution in [0.4, 0.5) is 5.82 Å². The van der Waals surface area contributed by atoms with Crippen LogP contribution in [0.3, 0.4) is 0 Å². The summed E-state index contributed by atoms with van der Waals surface area (Å²) in [4.78, 5) is 3.96. The van der Waals surface area contributed by atoms with Crippen molar-refractivity contribution in [3.8, 4) is 0 Å². The molecule has 0 aliphatic rings. The van der Waals surface area contributed by atoms with Crippen molar-refractivity contribution in [1.82, 2.24) is 9.71 Å². The Kier molecular flexibility index (Phi) is 5.99. The first-order valence-electron chi connectivity index (χ1n) is 5.85. The lowest BCUT2D eigenvalue weighted by Gasteiger charge is -2.13. The third-order valence-electron chi connectivity index (χ3n) is 2.38. The number of pyridine rings is 1. The summed E-state index contributed by atoms with van der Waals surface area (Å²) < 4.78 is 31.7. The number of rotatable bonds is 7. The monoisotopic (exact) mass is 307 g/mol. The summed E-state index contributed by atoms with van der Waals surface area (Å²) in [6, 6.07) is 1.36. The Hall–Kier alpha value is -0.890. The zero-order chi connectivity index (χ0) is 14.5. The minimum atomic E-state index is -3.63. The standard InChI is InChI=1S/C11H18ClN3O3S/c1-4-18-8(2)6-15-19(16,17)9-5-10(12)11(13-3)14-7-9/h5,7-8,15H,4,6H2,1-3H3,(H,13,14). The minimum Gasteiger partial charge on any atom is -0.377 e. The van der Waals surface area contributed by atoms with Gasteiger partial charge in [0.05, 0.1) is 11.1 Å². The first kappa shape index (κ1) is 16.2. The van der Waals surface area contributed by atoms with E-state index in [2.05, 4.69) is 15.0 Å². The Morgan fingerprint density at radius 1 is 1.53 bits per heavy atom. The van der Waals surface area contributed by atoms with Gasteiger partial charge in [-0.15, -0.1) is 0 Å². The fourth-order valence-corrected chi connectivity index (χ4v) is 2.82. The Morgan fingerprint density at radius 2 is 2.21 bits per heavy atom. The third kappa shape index (κ3) is 4.61. The first-order chi connectivity index (χ1) is 8.90. The molecule has 0 aliphatic carbocycles. The van der Waals surface area contributed by atoms with Crippen LogP contribution >= 0.6 is 11.6 Å². The number of hydrogen-bond acceptors (Lipinski definition) is 5. The van der Waals surface area contributed by atoms with E-state index in [1.165, 1.54) is 12.3 Å². The van der Waals surface area contributed by atoms with Gasteiger partial charge >= 0.3 is 0 Å². The average molecular weight is 308 g/mol. The molecule has 19 heavy (non-hydrogen) atoms. The molecule has 1 aromatic heterocycles. The minimum absolute atomic E-state index is 0.0280. The van der Waals surface area contributed by atoms with Crippen LogP contribution < -0.4 is 10.0 Å². The highest BCUT2D eigenvalue weighted by molar-refractivity contribution is 7.89. The van der Waals surface area contributed by atoms with Gasteiger partial charge in [-0.25, -0.2) is 18.1 Å². The van der Waals surface area contributed by atoms with Crippen molar-refractivity contribution >= 4 is 27.4 Å². The number of nitrogens with one attached hydrogen (secondary N) is 2. The second-order valence-corrected chi connectivity index (χ2v) is 6.04. The highest BCUT2D eigenvalue weighted by Crippen LogP contribution is 2.21. The molecule has 1 atom stereocenters. The average Bonchev–Trinajstić information content (AvgIpc) is 2.37. The molecule has 6 nitrogen and oxygen atoms in total. The molecule has 8 heteroatoms. The topological polar surface area (TPSA) is 80.3 Å². The summed E-state index contributed by atoms with van der Waals surface area (Å²) in [7, 11) is -1.97. The quantitative estimate of drug-likeness (QED) is 0.797. The van der Waals surface area contributed by atoms with Crippen LogP contribution in [0.15, 0.2) is 17.2 Å². The van der Waals surface area contributed by atoms with E-state index in [0.29, 0.717) is 12.4 Å². The largest absolute Gasteiger partial charge is 0.377 e. The van der Waals surface area contributed by atoms with Gasteiger partial charge in [0.15, 0.2) is 0 Å². The molecule has 108 valence electrons. The molecule has 0 saturated carbocycles. The van der Waals surface area contributed by atoms with Crippen LogP contribution in [0, 0.1) is 0 Å². The molecule has 1 aromatic rings. The van der Waals surface area contributed by atoms with Crippen LogP contribution in [-0.2, 0) is 14.8 Å². The van der Waals surface area contributed by atoms with Gasteiger partial charge < -0.3 is 10.1 Å². The molecule has 0 aromatic carbocycles. The molecule has 0 saturated heterocycles. The number of aromatic nitrogens is 1. The molecule has 0 spiro atoms. The molecule has 1 unspecified atom stereocenters. The second kappa shape index (κ2) is 7.04. The molecule has 0 amide bonds. The molecular weight excluding hydrogens is 290 g/mol. The summed E-state index contributed by atoms with van der Waals surface area (Å²) >= 11 is 5.91. The number of anilines is 1. The summed E-state index contributed by atoms with van der Waals surface area (Å²) in [5.74, 6) is 0.434. The van der Waals surface area contributed by atoms with Crippen molar-refractivity contribution in [2.24, 2.45) is 0 Å². The Labute approximate surface area is 118 Å². The van der Waals surface area contributed by atoms with E-state index < -0.39 is 10.0 Å². The van der Waals surface area contributed by atoms with E-state index in [1.54, 1.807) is 14.0 Å². The maximum atomic E-state index is 12.0. The Morgan fingerprint density at radius 3 is 2.74 bits per heavy atom. The first-order valence-corrected chi connectivity index (χ1v) is 7.71. The number of sulfonamides is 1. The zero-order valence-electron chi connectivity index (χ0n) is 11.1. The lowest BCUT2D eigenvalue weighted by atomic mass is 10.4. The van der Waals surface area contributed by atoms with Crippen molar-refractivity contribution < 1.29 is 13.2 Å². The molecule has 2 N–H and O–H groups in total. The van der Waals surface area contributed by atoms with Gasteiger partial charge in [0, 0.05) is 26.4 Å². The maximum Gasteiger partial charge on any atom is 0.242 e. The predicted molar refractivity (Wildman–Crippen MR) is 75.1 cm³/mol. The lowest BCUT2D eigenvalue weighted by molar-refractivity contribution is 0.0799. The smallest absolute Gasteiger partial charge is 0.242 e. The van der Waals surface area contributed by atoms with E-state index in [-0.39, 0.29) is 22.6 Å². The summed E-state index contributed by atoms with van der Waals surface area (Å²) in [5.41, 5.74) is 0. The van der Waals surface area contributed by atoms with Crippen LogP contribution in [0.5, 0.6) is 0 Å². The van der Waals surface area contributed by atoms with E-state index in [1.807, 2.05) is 6.92 Å². The lowest BCUT2D eigenvalue weighted by Crippen LogP contribution is -2.32. The highest BCUT2D eigenvalue weighted by Gasteiger charge is 2.17. The normalized spacial score (nSPS) is 13.3. The van der Waals surface area contributed by atoms with Crippen molar-refractivity contribution in [1.29, 1.82) is 0 Å². The van der Waals surface area contributed by atoms with Gasteiger partial charge in [-0.05, 0) is 19.9 Å². The van der Waals surface area contributed by atoms with Gasteiger partial charge in [0.25, 0.3) is 0 Å². The van der Waals surface area contributed by atoms with Gasteiger partial charge in [0.2, 0.25) is 10.0 Å². The van der Waals surface area contributed by atoms with Crippen LogP contribution in [0.2, 0.25) is 5.02 Å². The van der Waals surface area contributed by atoms with Crippen molar-refractivity contribution in [3.05, 3.63) is 17.3 Å². The van der Waals surface area contributed by atoms with Crippen molar-refractivity contribution in [3.63, 3.8) is 0 Å². The molecule has 0 fully saturated rings. The van der Waals surface area contributed by atoms with E-state index in [0.717, 1.165) is 0 Å². The van der Waals surface area contributed by atoms with Crippen LogP contribution in [0.25, 0.3) is 0 Å². The number of ether oxygens (including phenoxy) is 1. The van der Waals surface area contributed by atoms with Crippen molar-refractivity contribution in [2.75, 3.05) is 25.5 Å². The highest BCUT2D eigenvalue weighted by atomic mass is 35.5. The van der Waals surface area contributed by atoms with Gasteiger partial charge in [0.1, 0.15) is 10.7 Å². The summed E-state index contributed by atoms with van der Waals surface area (Å²) in [5, 5.41) is 3.02. The fraction of sp³-hybridized carbons (Fsp3) is 0.545. The van der Waals surface area contributed by atoms with Crippen LogP contribution in [-0.4, -0.2) is 39.7 Å². The number of nitrogens with zero attached hydrogens (tertiary/aromatic N) is 1.